The number of carbonyl (C=O) groups excluding carboxylic acids is 1. The van der Waals surface area contributed by atoms with Crippen LogP contribution in [0.4, 0.5) is 0 Å². The summed E-state index contributed by atoms with van der Waals surface area (Å²) < 4.78 is 0. The number of halogens is 2. The van der Waals surface area contributed by atoms with Crippen molar-refractivity contribution < 1.29 is 9.90 Å². The molecular formula is C9H8Cl2O2. The van der Waals surface area contributed by atoms with Crippen molar-refractivity contribution in [1.29, 1.82) is 0 Å². The van der Waals surface area contributed by atoms with Crippen LogP contribution in [0, 0.1) is 0 Å². The van der Waals surface area contributed by atoms with Crippen LogP contribution in [0.1, 0.15) is 12.0 Å². The molecule has 1 rings (SSSR count). The number of carbonyl (C=O) groups is 1. The third-order valence-corrected chi connectivity index (χ3v) is 2.06. The molecule has 0 radical (unpaired) electrons. The van der Waals surface area contributed by atoms with Crippen LogP contribution in [-0.2, 0) is 11.2 Å². The Labute approximate surface area is 86.1 Å². The Bertz CT molecular complexity index is 323. The molecule has 0 bridgehead atoms. The van der Waals surface area contributed by atoms with Crippen molar-refractivity contribution in [3.05, 3.63) is 28.8 Å². The molecule has 0 heterocycles. The molecule has 0 aliphatic rings. The Balaban J connectivity index is 2.75. The molecule has 1 aromatic carbocycles. The second-order valence-corrected chi connectivity index (χ2v) is 3.49. The molecule has 0 aliphatic carbocycles. The van der Waals surface area contributed by atoms with Crippen LogP contribution in [0.25, 0.3) is 0 Å². The van der Waals surface area contributed by atoms with Gasteiger partial charge in [0.2, 0.25) is 5.24 Å². The quantitative estimate of drug-likeness (QED) is 0.793. The number of hydrogen-bond acceptors (Lipinski definition) is 2. The number of benzene rings is 1. The fraction of sp³-hybridized carbons (Fsp3) is 0.222. The standard InChI is InChI=1S/C9H8Cl2O2/c10-7-2-3-8(12)6(5-7)1-4-9(11)13/h2-3,5,12H,1,4H2. The van der Waals surface area contributed by atoms with E-state index in [1.807, 2.05) is 0 Å². The molecule has 4 heteroatoms. The van der Waals surface area contributed by atoms with Crippen molar-refractivity contribution >= 4 is 28.4 Å². The molecule has 0 aliphatic heterocycles. The highest BCUT2D eigenvalue weighted by Crippen LogP contribution is 2.22. The molecule has 0 unspecified atom stereocenters. The van der Waals surface area contributed by atoms with Crippen LogP contribution in [0.5, 0.6) is 5.75 Å². The highest BCUT2D eigenvalue weighted by molar-refractivity contribution is 6.63. The van der Waals surface area contributed by atoms with E-state index in [4.69, 9.17) is 23.2 Å². The summed E-state index contributed by atoms with van der Waals surface area (Å²) >= 11 is 10.9. The van der Waals surface area contributed by atoms with Crippen molar-refractivity contribution in [2.75, 3.05) is 0 Å². The lowest BCUT2D eigenvalue weighted by Crippen LogP contribution is -1.91. The van der Waals surface area contributed by atoms with Gasteiger partial charge in [0.25, 0.3) is 0 Å². The first kappa shape index (κ1) is 10.4. The minimum Gasteiger partial charge on any atom is -0.508 e. The first-order chi connectivity index (χ1) is 6.09. The molecular weight excluding hydrogens is 211 g/mol. The Hall–Kier alpha value is -0.730. The molecule has 1 N–H and O–H groups in total. The first-order valence-electron chi connectivity index (χ1n) is 3.75. The minimum absolute atomic E-state index is 0.141. The van der Waals surface area contributed by atoms with E-state index in [2.05, 4.69) is 0 Å². The van der Waals surface area contributed by atoms with Gasteiger partial charge in [0.05, 0.1) is 0 Å². The lowest BCUT2D eigenvalue weighted by Gasteiger charge is -2.02. The molecule has 0 saturated heterocycles. The maximum Gasteiger partial charge on any atom is 0.221 e. The van der Waals surface area contributed by atoms with Gasteiger partial charge < -0.3 is 5.11 Å². The monoisotopic (exact) mass is 218 g/mol. The Kier molecular flexibility index (Phi) is 3.58. The van der Waals surface area contributed by atoms with Crippen molar-refractivity contribution in [2.45, 2.75) is 12.8 Å². The summed E-state index contributed by atoms with van der Waals surface area (Å²) in [6.07, 6.45) is 0.615. The van der Waals surface area contributed by atoms with Gasteiger partial charge in [0.15, 0.2) is 0 Å². The summed E-state index contributed by atoms with van der Waals surface area (Å²) in [7, 11) is 0. The van der Waals surface area contributed by atoms with E-state index in [-0.39, 0.29) is 12.2 Å². The number of phenolic OH excluding ortho intramolecular Hbond substituents is 1. The Morgan fingerprint density at radius 2 is 2.15 bits per heavy atom. The van der Waals surface area contributed by atoms with E-state index >= 15 is 0 Å². The van der Waals surface area contributed by atoms with Gasteiger partial charge in [0, 0.05) is 11.4 Å². The fourth-order valence-corrected chi connectivity index (χ4v) is 1.28. The topological polar surface area (TPSA) is 37.3 Å². The SMILES string of the molecule is O=C(Cl)CCc1cc(Cl)ccc1O. The highest BCUT2D eigenvalue weighted by atomic mass is 35.5. The van der Waals surface area contributed by atoms with Crippen LogP contribution in [0.2, 0.25) is 5.02 Å². The molecule has 13 heavy (non-hydrogen) atoms. The fourth-order valence-electron chi connectivity index (χ4n) is 0.987. The van der Waals surface area contributed by atoms with Gasteiger partial charge in [-0.25, -0.2) is 0 Å². The lowest BCUT2D eigenvalue weighted by atomic mass is 10.1. The van der Waals surface area contributed by atoms with Gasteiger partial charge in [-0.2, -0.15) is 0 Å². The second-order valence-electron chi connectivity index (χ2n) is 2.63. The van der Waals surface area contributed by atoms with E-state index in [9.17, 15) is 9.90 Å². The Morgan fingerprint density at radius 3 is 2.77 bits per heavy atom. The van der Waals surface area contributed by atoms with Crippen molar-refractivity contribution in [2.24, 2.45) is 0 Å². The van der Waals surface area contributed by atoms with Crippen LogP contribution in [-0.4, -0.2) is 10.3 Å². The zero-order valence-corrected chi connectivity index (χ0v) is 8.27. The molecule has 2 nitrogen and oxygen atoms in total. The molecule has 1 aromatic rings. The van der Waals surface area contributed by atoms with Crippen LogP contribution < -0.4 is 0 Å². The number of aromatic hydroxyl groups is 1. The average molecular weight is 219 g/mol. The zero-order valence-electron chi connectivity index (χ0n) is 6.76. The van der Waals surface area contributed by atoms with Gasteiger partial charge in [-0.05, 0) is 41.8 Å². The molecule has 0 amide bonds. The van der Waals surface area contributed by atoms with Gasteiger partial charge >= 0.3 is 0 Å². The lowest BCUT2D eigenvalue weighted by molar-refractivity contribution is -0.111. The van der Waals surface area contributed by atoms with E-state index in [1.165, 1.54) is 6.07 Å². The molecule has 0 aromatic heterocycles. The third kappa shape index (κ3) is 3.25. The Morgan fingerprint density at radius 1 is 1.46 bits per heavy atom. The maximum atomic E-state index is 10.5. The predicted molar refractivity (Wildman–Crippen MR) is 52.3 cm³/mol. The van der Waals surface area contributed by atoms with E-state index in [0.29, 0.717) is 17.0 Å². The smallest absolute Gasteiger partial charge is 0.221 e. The van der Waals surface area contributed by atoms with Crippen molar-refractivity contribution in [1.82, 2.24) is 0 Å². The summed E-state index contributed by atoms with van der Waals surface area (Å²) in [5, 5.41) is 9.45. The number of hydrogen-bond donors (Lipinski definition) is 1. The van der Waals surface area contributed by atoms with Gasteiger partial charge in [-0.3, -0.25) is 4.79 Å². The second kappa shape index (κ2) is 4.49. The number of rotatable bonds is 3. The highest BCUT2D eigenvalue weighted by Gasteiger charge is 2.04. The molecule has 0 saturated carbocycles. The van der Waals surface area contributed by atoms with Crippen molar-refractivity contribution in [3.8, 4) is 5.75 Å². The average Bonchev–Trinajstić information content (AvgIpc) is 2.06. The zero-order chi connectivity index (χ0) is 9.84. The minimum atomic E-state index is -0.417. The molecule has 0 fully saturated rings. The largest absolute Gasteiger partial charge is 0.508 e. The van der Waals surface area contributed by atoms with E-state index in [0.717, 1.165) is 0 Å². The molecule has 0 atom stereocenters. The van der Waals surface area contributed by atoms with E-state index in [1.54, 1.807) is 12.1 Å². The molecule has 70 valence electrons. The van der Waals surface area contributed by atoms with Crippen LogP contribution >= 0.6 is 23.2 Å². The summed E-state index contributed by atoms with van der Waals surface area (Å²) in [5.74, 6) is 0.141. The summed E-state index contributed by atoms with van der Waals surface area (Å²) in [5.41, 5.74) is 0.640. The number of aryl methyl sites for hydroxylation is 1. The third-order valence-electron chi connectivity index (χ3n) is 1.63. The van der Waals surface area contributed by atoms with Gasteiger partial charge in [0.1, 0.15) is 5.75 Å². The summed E-state index contributed by atoms with van der Waals surface area (Å²) in [4.78, 5) is 10.5. The normalized spacial score (nSPS) is 10.0. The summed E-state index contributed by atoms with van der Waals surface area (Å²) in [6, 6.07) is 4.70. The maximum absolute atomic E-state index is 10.5. The van der Waals surface area contributed by atoms with Crippen molar-refractivity contribution in [3.63, 3.8) is 0 Å². The first-order valence-corrected chi connectivity index (χ1v) is 4.51. The van der Waals surface area contributed by atoms with E-state index < -0.39 is 5.24 Å². The van der Waals surface area contributed by atoms with Crippen LogP contribution in [0.15, 0.2) is 18.2 Å². The molecule has 0 spiro atoms. The van der Waals surface area contributed by atoms with Gasteiger partial charge in [-0.1, -0.05) is 11.6 Å². The number of phenols is 1. The predicted octanol–water partition coefficient (Wildman–Crippen LogP) is 2.74. The van der Waals surface area contributed by atoms with Crippen LogP contribution in [0.3, 0.4) is 0 Å². The van der Waals surface area contributed by atoms with Gasteiger partial charge in [-0.15, -0.1) is 0 Å². The summed E-state index contributed by atoms with van der Waals surface area (Å²) in [6.45, 7) is 0.